The predicted molar refractivity (Wildman–Crippen MR) is 138 cm³/mol. The Morgan fingerprint density at radius 3 is 2.21 bits per heavy atom. The number of pyridine rings is 1. The largest absolute Gasteiger partial charge is 0.297 e. The molecule has 0 saturated carbocycles. The van der Waals surface area contributed by atoms with E-state index >= 15 is 0 Å². The van der Waals surface area contributed by atoms with Crippen LogP contribution in [0.15, 0.2) is 72.9 Å². The normalized spacial score (nSPS) is 19.1. The monoisotopic (exact) mass is 452 g/mol. The molecule has 0 amide bonds. The first-order valence-corrected chi connectivity index (χ1v) is 12.3. The van der Waals surface area contributed by atoms with Gasteiger partial charge in [0.25, 0.3) is 0 Å². The van der Waals surface area contributed by atoms with E-state index in [9.17, 15) is 0 Å². The summed E-state index contributed by atoms with van der Waals surface area (Å²) in [6, 6.07) is 21.1. The Morgan fingerprint density at radius 1 is 0.818 bits per heavy atom. The molecule has 2 aliphatic rings. The second-order valence-corrected chi connectivity index (χ2v) is 9.72. The first kappa shape index (κ1) is 22.0. The first-order valence-electron chi connectivity index (χ1n) is 11.9. The van der Waals surface area contributed by atoms with Crippen LogP contribution in [0, 0.1) is 17.8 Å². The molecule has 0 radical (unpaired) electrons. The number of benzene rings is 2. The van der Waals surface area contributed by atoms with E-state index in [1.165, 1.54) is 49.9 Å². The van der Waals surface area contributed by atoms with Crippen LogP contribution >= 0.6 is 11.6 Å². The summed E-state index contributed by atoms with van der Waals surface area (Å²) in [5.74, 6) is 7.33. The maximum absolute atomic E-state index is 5.97. The molecule has 5 rings (SSSR count). The van der Waals surface area contributed by atoms with Crippen molar-refractivity contribution < 1.29 is 0 Å². The van der Waals surface area contributed by atoms with Crippen LogP contribution in [0.2, 0.25) is 5.02 Å². The fraction of sp³-hybridized carbons (Fsp3) is 0.300. The van der Waals surface area contributed by atoms with E-state index in [1.807, 2.05) is 36.5 Å². The van der Waals surface area contributed by atoms with Gasteiger partial charge in [-0.15, -0.1) is 0 Å². The summed E-state index contributed by atoms with van der Waals surface area (Å²) in [5.41, 5.74) is 6.76. The van der Waals surface area contributed by atoms with E-state index in [-0.39, 0.29) is 0 Å². The molecule has 33 heavy (non-hydrogen) atoms. The minimum atomic E-state index is 0.619. The van der Waals surface area contributed by atoms with E-state index in [1.54, 1.807) is 0 Å². The van der Waals surface area contributed by atoms with Crippen LogP contribution < -0.4 is 0 Å². The van der Waals surface area contributed by atoms with Crippen LogP contribution in [-0.2, 0) is 0 Å². The number of likely N-dealkylation sites (tertiary alicyclic amines) is 1. The van der Waals surface area contributed by atoms with E-state index in [4.69, 9.17) is 11.6 Å². The molecule has 2 aromatic carbocycles. The number of piperidine rings is 1. The fourth-order valence-electron chi connectivity index (χ4n) is 4.78. The summed E-state index contributed by atoms with van der Waals surface area (Å²) in [6.45, 7) is 4.88. The van der Waals surface area contributed by atoms with Crippen molar-refractivity contribution in [3.05, 3.63) is 94.8 Å². The molecule has 3 aromatic rings. The molecule has 1 atom stereocenters. The van der Waals surface area contributed by atoms with Crippen molar-refractivity contribution in [2.24, 2.45) is 5.92 Å². The lowest BCUT2D eigenvalue weighted by molar-refractivity contribution is 0.160. The summed E-state index contributed by atoms with van der Waals surface area (Å²) in [5, 5.41) is 0.737. The fourth-order valence-corrected chi connectivity index (χ4v) is 4.90. The number of aromatic nitrogens is 1. The Morgan fingerprint density at radius 2 is 1.52 bits per heavy atom. The summed E-state index contributed by atoms with van der Waals surface area (Å²) >= 11 is 5.97. The zero-order valence-electron chi connectivity index (χ0n) is 19.1. The Hall–Kier alpha value is -2.86. The van der Waals surface area contributed by atoms with Gasteiger partial charge >= 0.3 is 0 Å². The highest BCUT2D eigenvalue weighted by atomic mass is 35.5. The van der Waals surface area contributed by atoms with Gasteiger partial charge in [0, 0.05) is 28.4 Å². The lowest BCUT2D eigenvalue weighted by Crippen LogP contribution is -2.39. The molecule has 3 heteroatoms. The second kappa shape index (κ2) is 9.96. The molecular weight excluding hydrogens is 424 g/mol. The molecule has 1 aliphatic heterocycles. The number of allylic oxidation sites excluding steroid dienone is 1. The van der Waals surface area contributed by atoms with Gasteiger partial charge in [0.15, 0.2) is 0 Å². The summed E-state index contributed by atoms with van der Waals surface area (Å²) in [6.07, 6.45) is 9.47. The highest BCUT2D eigenvalue weighted by Crippen LogP contribution is 2.32. The van der Waals surface area contributed by atoms with Crippen molar-refractivity contribution in [1.82, 2.24) is 9.88 Å². The highest BCUT2D eigenvalue weighted by Gasteiger charge is 2.25. The summed E-state index contributed by atoms with van der Waals surface area (Å²) < 4.78 is 0. The van der Waals surface area contributed by atoms with Gasteiger partial charge in [0.05, 0.1) is 0 Å². The number of halogens is 1. The molecular formula is C30H29ClN2. The van der Waals surface area contributed by atoms with Gasteiger partial charge in [-0.2, -0.15) is 0 Å². The SMILES string of the molecule is CC1CCN(C2C=C(c3ccc(C#Cc4ccc(-c5ccc(Cl)cc5)cn4)cc3)CC2)CC1. The Labute approximate surface area is 202 Å². The van der Waals surface area contributed by atoms with Gasteiger partial charge in [0.2, 0.25) is 0 Å². The molecule has 1 fully saturated rings. The first-order chi connectivity index (χ1) is 16.1. The molecule has 166 valence electrons. The lowest BCUT2D eigenvalue weighted by atomic mass is 9.98. The molecule has 2 heterocycles. The molecule has 0 N–H and O–H groups in total. The van der Waals surface area contributed by atoms with E-state index in [2.05, 4.69) is 65.1 Å². The van der Waals surface area contributed by atoms with Gasteiger partial charge in [-0.1, -0.05) is 60.9 Å². The van der Waals surface area contributed by atoms with Gasteiger partial charge in [-0.3, -0.25) is 4.90 Å². The van der Waals surface area contributed by atoms with Gasteiger partial charge in [-0.25, -0.2) is 4.98 Å². The zero-order chi connectivity index (χ0) is 22.6. The Balaban J connectivity index is 1.23. The van der Waals surface area contributed by atoms with Crippen molar-refractivity contribution in [1.29, 1.82) is 0 Å². The highest BCUT2D eigenvalue weighted by molar-refractivity contribution is 6.30. The van der Waals surface area contributed by atoms with E-state index < -0.39 is 0 Å². The average molecular weight is 453 g/mol. The van der Waals surface area contributed by atoms with Crippen LogP contribution in [0.25, 0.3) is 16.7 Å². The number of hydrogen-bond donors (Lipinski definition) is 0. The van der Waals surface area contributed by atoms with Gasteiger partial charge in [0.1, 0.15) is 5.69 Å². The topological polar surface area (TPSA) is 16.1 Å². The van der Waals surface area contributed by atoms with Crippen molar-refractivity contribution in [2.75, 3.05) is 13.1 Å². The third kappa shape index (κ3) is 5.38. The van der Waals surface area contributed by atoms with Gasteiger partial charge in [-0.05, 0) is 97.6 Å². The van der Waals surface area contributed by atoms with Crippen LogP contribution in [0.4, 0.5) is 0 Å². The van der Waals surface area contributed by atoms with Gasteiger partial charge < -0.3 is 0 Å². The zero-order valence-corrected chi connectivity index (χ0v) is 19.9. The molecule has 0 bridgehead atoms. The smallest absolute Gasteiger partial charge is 0.113 e. The molecule has 1 saturated heterocycles. The van der Waals surface area contributed by atoms with Crippen LogP contribution in [-0.4, -0.2) is 29.0 Å². The third-order valence-electron chi connectivity index (χ3n) is 6.92. The minimum absolute atomic E-state index is 0.619. The lowest BCUT2D eigenvalue weighted by Gasteiger charge is -2.34. The average Bonchev–Trinajstić information content (AvgIpc) is 3.35. The number of rotatable bonds is 3. The predicted octanol–water partition coefficient (Wildman–Crippen LogP) is 7.08. The van der Waals surface area contributed by atoms with Crippen molar-refractivity contribution in [2.45, 2.75) is 38.6 Å². The molecule has 1 aromatic heterocycles. The quantitative estimate of drug-likeness (QED) is 0.394. The van der Waals surface area contributed by atoms with Crippen molar-refractivity contribution >= 4 is 17.2 Å². The van der Waals surface area contributed by atoms with Crippen LogP contribution in [0.5, 0.6) is 0 Å². The third-order valence-corrected chi connectivity index (χ3v) is 7.17. The maximum Gasteiger partial charge on any atom is 0.113 e. The molecule has 0 spiro atoms. The molecule has 1 unspecified atom stereocenters. The second-order valence-electron chi connectivity index (χ2n) is 9.28. The van der Waals surface area contributed by atoms with Crippen molar-refractivity contribution in [3.8, 4) is 23.0 Å². The van der Waals surface area contributed by atoms with Crippen LogP contribution in [0.3, 0.4) is 0 Å². The Kier molecular flexibility index (Phi) is 6.63. The number of nitrogens with zero attached hydrogens (tertiary/aromatic N) is 2. The molecule has 1 aliphatic carbocycles. The van der Waals surface area contributed by atoms with Crippen molar-refractivity contribution in [3.63, 3.8) is 0 Å². The Bertz CT molecular complexity index is 1170. The maximum atomic E-state index is 5.97. The molecule has 2 nitrogen and oxygen atoms in total. The number of hydrogen-bond acceptors (Lipinski definition) is 2. The van der Waals surface area contributed by atoms with E-state index in [0.717, 1.165) is 33.3 Å². The summed E-state index contributed by atoms with van der Waals surface area (Å²) in [4.78, 5) is 7.19. The summed E-state index contributed by atoms with van der Waals surface area (Å²) in [7, 11) is 0. The standard InChI is InChI=1S/C30H29ClN2/c1-22-16-18-33(19-17-22)30-15-10-26(20-30)24-5-2-23(3-6-24)4-13-29-14-9-27(21-32-29)25-7-11-28(31)12-8-25/h2-3,5-9,11-12,14,20-22,30H,10,15-19H2,1H3. The van der Waals surface area contributed by atoms with E-state index in [0.29, 0.717) is 6.04 Å². The minimum Gasteiger partial charge on any atom is -0.297 e. The van der Waals surface area contributed by atoms with Crippen LogP contribution in [0.1, 0.15) is 49.4 Å².